The van der Waals surface area contributed by atoms with Crippen molar-refractivity contribution in [2.75, 3.05) is 6.54 Å². The average Bonchev–Trinajstić information content (AvgIpc) is 2.72. The second kappa shape index (κ2) is 8.03. The van der Waals surface area contributed by atoms with Crippen LogP contribution in [0.25, 0.3) is 0 Å². The molecular weight excluding hydrogens is 415 g/mol. The van der Waals surface area contributed by atoms with E-state index < -0.39 is 12.4 Å². The number of carbonyl (C=O) groups is 1. The summed E-state index contributed by atoms with van der Waals surface area (Å²) in [5, 5.41) is 0.535. The van der Waals surface area contributed by atoms with E-state index in [-0.39, 0.29) is 11.7 Å². The molecule has 0 N–H and O–H groups in total. The first-order valence-corrected chi connectivity index (χ1v) is 9.70. The first-order chi connectivity index (χ1) is 14.3. The number of hydrogen-bond donors (Lipinski definition) is 0. The van der Waals surface area contributed by atoms with Gasteiger partial charge in [0.2, 0.25) is 0 Å². The Kier molecular flexibility index (Phi) is 5.43. The van der Waals surface area contributed by atoms with Crippen LogP contribution in [0.1, 0.15) is 33.1 Å². The summed E-state index contributed by atoms with van der Waals surface area (Å²) in [7, 11) is 0. The van der Waals surface area contributed by atoms with Gasteiger partial charge in [0, 0.05) is 17.1 Å². The lowest BCUT2D eigenvalue weighted by Gasteiger charge is -2.38. The number of rotatable bonds is 3. The summed E-state index contributed by atoms with van der Waals surface area (Å²) >= 11 is 5.94. The van der Waals surface area contributed by atoms with Crippen LogP contribution in [-0.4, -0.2) is 23.7 Å². The summed E-state index contributed by atoms with van der Waals surface area (Å²) in [6.07, 6.45) is -4.06. The van der Waals surface area contributed by atoms with E-state index in [4.69, 9.17) is 11.6 Å². The monoisotopic (exact) mass is 431 g/mol. The van der Waals surface area contributed by atoms with Crippen molar-refractivity contribution in [3.8, 4) is 5.75 Å². The Morgan fingerprint density at radius 1 is 0.967 bits per heavy atom. The predicted octanol–water partition coefficient (Wildman–Crippen LogP) is 6.03. The lowest BCUT2D eigenvalue weighted by atomic mass is 9.87. The van der Waals surface area contributed by atoms with Gasteiger partial charge in [-0.15, -0.1) is 13.2 Å². The molecule has 0 aliphatic carbocycles. The van der Waals surface area contributed by atoms with Gasteiger partial charge in [-0.3, -0.25) is 4.79 Å². The third kappa shape index (κ3) is 4.28. The molecule has 7 heteroatoms. The first kappa shape index (κ1) is 20.3. The quantitative estimate of drug-likeness (QED) is 0.507. The van der Waals surface area contributed by atoms with Crippen molar-refractivity contribution in [2.24, 2.45) is 0 Å². The molecule has 3 aromatic carbocycles. The number of halogens is 4. The molecule has 4 rings (SSSR count). The van der Waals surface area contributed by atoms with Gasteiger partial charge in [-0.1, -0.05) is 48.0 Å². The maximum Gasteiger partial charge on any atom is 0.573 e. The molecule has 154 valence electrons. The Hall–Kier alpha value is -2.99. The third-order valence-corrected chi connectivity index (χ3v) is 5.32. The van der Waals surface area contributed by atoms with Crippen LogP contribution in [-0.2, 0) is 6.42 Å². The molecule has 1 heterocycles. The van der Waals surface area contributed by atoms with Crippen molar-refractivity contribution >= 4 is 17.5 Å². The van der Waals surface area contributed by atoms with E-state index in [1.807, 2.05) is 24.3 Å². The van der Waals surface area contributed by atoms with Crippen molar-refractivity contribution < 1.29 is 22.7 Å². The van der Waals surface area contributed by atoms with E-state index in [2.05, 4.69) is 4.74 Å². The number of amides is 1. The highest BCUT2D eigenvalue weighted by Gasteiger charge is 2.33. The van der Waals surface area contributed by atoms with E-state index >= 15 is 0 Å². The lowest BCUT2D eigenvalue weighted by Crippen LogP contribution is -2.40. The molecule has 1 atom stereocenters. The van der Waals surface area contributed by atoms with E-state index in [9.17, 15) is 18.0 Å². The minimum atomic E-state index is -4.75. The molecule has 1 unspecified atom stereocenters. The Balaban J connectivity index is 1.72. The smallest absolute Gasteiger partial charge is 0.406 e. The molecule has 0 fully saturated rings. The minimum absolute atomic E-state index is 0.165. The zero-order chi connectivity index (χ0) is 21.3. The van der Waals surface area contributed by atoms with Crippen molar-refractivity contribution in [3.05, 3.63) is 100 Å². The van der Waals surface area contributed by atoms with Crippen LogP contribution in [0.4, 0.5) is 13.2 Å². The molecule has 0 saturated heterocycles. The van der Waals surface area contributed by atoms with Crippen LogP contribution in [0.3, 0.4) is 0 Å². The zero-order valence-corrected chi connectivity index (χ0v) is 16.5. The van der Waals surface area contributed by atoms with Gasteiger partial charge in [0.15, 0.2) is 0 Å². The van der Waals surface area contributed by atoms with Gasteiger partial charge in [-0.2, -0.15) is 0 Å². The zero-order valence-electron chi connectivity index (χ0n) is 15.7. The summed E-state index contributed by atoms with van der Waals surface area (Å²) in [6, 6.07) is 19.7. The molecule has 3 aromatic rings. The molecule has 1 amide bonds. The van der Waals surface area contributed by atoms with E-state index in [1.54, 1.807) is 41.3 Å². The van der Waals surface area contributed by atoms with Gasteiger partial charge in [-0.05, 0) is 59.5 Å². The number of alkyl halides is 3. The normalized spacial score (nSPS) is 16.1. The van der Waals surface area contributed by atoms with Gasteiger partial charge in [0.05, 0.1) is 6.04 Å². The standard InChI is InChI=1S/C23H17ClF3NO2/c24-18-9-5-17(6-10-18)22(29)28-14-13-15-3-1-2-4-20(15)21(28)16-7-11-19(12-8-16)30-23(25,26)27/h1-12,21H,13-14H2. The molecule has 1 aliphatic rings. The van der Waals surface area contributed by atoms with Gasteiger partial charge < -0.3 is 9.64 Å². The van der Waals surface area contributed by atoms with Gasteiger partial charge in [0.1, 0.15) is 5.75 Å². The topological polar surface area (TPSA) is 29.5 Å². The number of ether oxygens (including phenoxy) is 1. The maximum absolute atomic E-state index is 13.3. The summed E-state index contributed by atoms with van der Waals surface area (Å²) in [5.74, 6) is -0.465. The highest BCUT2D eigenvalue weighted by atomic mass is 35.5. The maximum atomic E-state index is 13.3. The largest absolute Gasteiger partial charge is 0.573 e. The number of nitrogens with zero attached hydrogens (tertiary/aromatic N) is 1. The Morgan fingerprint density at radius 3 is 2.30 bits per heavy atom. The molecule has 3 nitrogen and oxygen atoms in total. The highest BCUT2D eigenvalue weighted by molar-refractivity contribution is 6.30. The van der Waals surface area contributed by atoms with Crippen molar-refractivity contribution in [2.45, 2.75) is 18.8 Å². The SMILES string of the molecule is O=C(c1ccc(Cl)cc1)N1CCc2ccccc2C1c1ccc(OC(F)(F)F)cc1. The van der Waals surface area contributed by atoms with Crippen molar-refractivity contribution in [1.82, 2.24) is 4.90 Å². The fourth-order valence-corrected chi connectivity index (χ4v) is 3.88. The molecule has 0 radical (unpaired) electrons. The molecule has 0 bridgehead atoms. The van der Waals surface area contributed by atoms with Crippen LogP contribution in [0, 0.1) is 0 Å². The number of benzene rings is 3. The Labute approximate surface area is 176 Å². The molecule has 0 spiro atoms. The minimum Gasteiger partial charge on any atom is -0.406 e. The van der Waals surface area contributed by atoms with Crippen LogP contribution >= 0.6 is 11.6 Å². The number of carbonyl (C=O) groups excluding carboxylic acids is 1. The second-order valence-electron chi connectivity index (χ2n) is 6.97. The molecule has 30 heavy (non-hydrogen) atoms. The van der Waals surface area contributed by atoms with Crippen molar-refractivity contribution in [1.29, 1.82) is 0 Å². The molecule has 0 saturated carbocycles. The fourth-order valence-electron chi connectivity index (χ4n) is 3.75. The number of fused-ring (bicyclic) bond motifs is 1. The summed E-state index contributed by atoms with van der Waals surface area (Å²) in [4.78, 5) is 15.0. The molecule has 0 aromatic heterocycles. The lowest BCUT2D eigenvalue weighted by molar-refractivity contribution is -0.274. The van der Waals surface area contributed by atoms with E-state index in [0.717, 1.165) is 11.1 Å². The van der Waals surface area contributed by atoms with E-state index in [0.29, 0.717) is 29.1 Å². The van der Waals surface area contributed by atoms with Crippen LogP contribution < -0.4 is 4.74 Å². The average molecular weight is 432 g/mol. The fraction of sp³-hybridized carbons (Fsp3) is 0.174. The highest BCUT2D eigenvalue weighted by Crippen LogP contribution is 2.37. The number of hydrogen-bond acceptors (Lipinski definition) is 2. The van der Waals surface area contributed by atoms with Crippen molar-refractivity contribution in [3.63, 3.8) is 0 Å². The Bertz CT molecular complexity index is 1050. The van der Waals surface area contributed by atoms with Gasteiger partial charge >= 0.3 is 6.36 Å². The molecular formula is C23H17ClF3NO2. The Morgan fingerprint density at radius 2 is 1.63 bits per heavy atom. The predicted molar refractivity (Wildman–Crippen MR) is 108 cm³/mol. The van der Waals surface area contributed by atoms with Crippen LogP contribution in [0.2, 0.25) is 5.02 Å². The second-order valence-corrected chi connectivity index (χ2v) is 7.41. The summed E-state index contributed by atoms with van der Waals surface area (Å²) in [5.41, 5.74) is 3.27. The summed E-state index contributed by atoms with van der Waals surface area (Å²) < 4.78 is 41.5. The first-order valence-electron chi connectivity index (χ1n) is 9.32. The molecule has 1 aliphatic heterocycles. The third-order valence-electron chi connectivity index (χ3n) is 5.06. The van der Waals surface area contributed by atoms with Gasteiger partial charge in [0.25, 0.3) is 5.91 Å². The summed E-state index contributed by atoms with van der Waals surface area (Å²) in [6.45, 7) is 0.490. The van der Waals surface area contributed by atoms with E-state index in [1.165, 1.54) is 12.1 Å². The van der Waals surface area contributed by atoms with Crippen LogP contribution in [0.15, 0.2) is 72.8 Å². The van der Waals surface area contributed by atoms with Gasteiger partial charge in [-0.25, -0.2) is 0 Å². The van der Waals surface area contributed by atoms with Crippen LogP contribution in [0.5, 0.6) is 5.75 Å².